The Morgan fingerprint density at radius 1 is 1.19 bits per heavy atom. The molecule has 4 nitrogen and oxygen atoms in total. The van der Waals surface area contributed by atoms with Gasteiger partial charge in [-0.15, -0.1) is 0 Å². The number of benzene rings is 2. The Kier molecular flexibility index (Phi) is 4.94. The van der Waals surface area contributed by atoms with Crippen LogP contribution >= 0.6 is 0 Å². The van der Waals surface area contributed by atoms with E-state index >= 15 is 0 Å². The van der Waals surface area contributed by atoms with Crippen LogP contribution in [0, 0.1) is 11.3 Å². The van der Waals surface area contributed by atoms with Crippen molar-refractivity contribution in [3.8, 4) is 11.8 Å². The van der Waals surface area contributed by atoms with Crippen LogP contribution in [0.3, 0.4) is 0 Å². The summed E-state index contributed by atoms with van der Waals surface area (Å²) in [5.74, 6) is 0.661. The molecule has 0 heterocycles. The van der Waals surface area contributed by atoms with Crippen molar-refractivity contribution in [1.29, 1.82) is 5.26 Å². The highest BCUT2D eigenvalue weighted by molar-refractivity contribution is 5.94. The molecule has 0 fully saturated rings. The summed E-state index contributed by atoms with van der Waals surface area (Å²) in [5, 5.41) is 8.86. The topological polar surface area (TPSA) is 53.3 Å². The minimum atomic E-state index is -0.122. The second kappa shape index (κ2) is 7.11. The SMILES string of the molecule is CN(CCOc1ccccc1)C(=O)c1cccc(C#N)c1. The fourth-order valence-corrected chi connectivity index (χ4v) is 1.86. The number of para-hydroxylation sites is 1. The van der Waals surface area contributed by atoms with E-state index in [4.69, 9.17) is 10.00 Å². The Balaban J connectivity index is 1.89. The van der Waals surface area contributed by atoms with E-state index in [0.29, 0.717) is 24.3 Å². The number of hydrogen-bond donors (Lipinski definition) is 0. The average Bonchev–Trinajstić information content (AvgIpc) is 2.55. The molecular weight excluding hydrogens is 264 g/mol. The number of nitriles is 1. The highest BCUT2D eigenvalue weighted by Gasteiger charge is 2.11. The minimum absolute atomic E-state index is 0.122. The first-order valence-electron chi connectivity index (χ1n) is 6.64. The first-order chi connectivity index (χ1) is 10.2. The van der Waals surface area contributed by atoms with Gasteiger partial charge in [0.1, 0.15) is 12.4 Å². The van der Waals surface area contributed by atoms with E-state index in [1.165, 1.54) is 0 Å². The second-order valence-corrected chi connectivity index (χ2v) is 4.58. The maximum atomic E-state index is 12.2. The van der Waals surface area contributed by atoms with Gasteiger partial charge in [-0.05, 0) is 30.3 Å². The fraction of sp³-hybridized carbons (Fsp3) is 0.176. The van der Waals surface area contributed by atoms with Crippen molar-refractivity contribution in [3.05, 3.63) is 65.7 Å². The van der Waals surface area contributed by atoms with Gasteiger partial charge in [-0.1, -0.05) is 24.3 Å². The van der Waals surface area contributed by atoms with Gasteiger partial charge < -0.3 is 9.64 Å². The molecule has 0 aromatic heterocycles. The van der Waals surface area contributed by atoms with E-state index < -0.39 is 0 Å². The number of amides is 1. The maximum absolute atomic E-state index is 12.2. The van der Waals surface area contributed by atoms with Crippen LogP contribution in [-0.4, -0.2) is 31.0 Å². The molecular formula is C17H16N2O2. The van der Waals surface area contributed by atoms with Gasteiger partial charge in [0.2, 0.25) is 0 Å². The van der Waals surface area contributed by atoms with Gasteiger partial charge in [0.05, 0.1) is 18.2 Å². The molecule has 0 radical (unpaired) electrons. The standard InChI is InChI=1S/C17H16N2O2/c1-19(10-11-21-16-8-3-2-4-9-16)17(20)15-7-5-6-14(12-15)13-18/h2-9,12H,10-11H2,1H3. The Morgan fingerprint density at radius 3 is 2.67 bits per heavy atom. The zero-order chi connectivity index (χ0) is 15.1. The Bertz CT molecular complexity index is 647. The zero-order valence-corrected chi connectivity index (χ0v) is 11.8. The number of rotatable bonds is 5. The van der Waals surface area contributed by atoms with Crippen molar-refractivity contribution in [2.45, 2.75) is 0 Å². The second-order valence-electron chi connectivity index (χ2n) is 4.58. The van der Waals surface area contributed by atoms with E-state index in [-0.39, 0.29) is 5.91 Å². The third-order valence-electron chi connectivity index (χ3n) is 3.02. The molecule has 2 rings (SSSR count). The van der Waals surface area contributed by atoms with Crippen LogP contribution in [0.4, 0.5) is 0 Å². The lowest BCUT2D eigenvalue weighted by Crippen LogP contribution is -2.30. The first kappa shape index (κ1) is 14.6. The van der Waals surface area contributed by atoms with Crippen LogP contribution in [0.2, 0.25) is 0 Å². The lowest BCUT2D eigenvalue weighted by atomic mass is 10.1. The third kappa shape index (κ3) is 4.08. The summed E-state index contributed by atoms with van der Waals surface area (Å²) in [6.45, 7) is 0.898. The molecule has 0 spiro atoms. The van der Waals surface area contributed by atoms with Crippen LogP contribution in [0.15, 0.2) is 54.6 Å². The number of ether oxygens (including phenoxy) is 1. The van der Waals surface area contributed by atoms with Gasteiger partial charge in [-0.3, -0.25) is 4.79 Å². The summed E-state index contributed by atoms with van der Waals surface area (Å²) >= 11 is 0. The predicted molar refractivity (Wildman–Crippen MR) is 80.1 cm³/mol. The van der Waals surface area contributed by atoms with Gasteiger partial charge >= 0.3 is 0 Å². The van der Waals surface area contributed by atoms with Crippen LogP contribution in [-0.2, 0) is 0 Å². The summed E-state index contributed by atoms with van der Waals surface area (Å²) in [5.41, 5.74) is 0.992. The molecule has 0 bridgehead atoms. The van der Waals surface area contributed by atoms with Gasteiger partial charge in [0, 0.05) is 12.6 Å². The lowest BCUT2D eigenvalue weighted by Gasteiger charge is -2.17. The molecule has 0 saturated carbocycles. The van der Waals surface area contributed by atoms with Gasteiger partial charge in [-0.2, -0.15) is 5.26 Å². The monoisotopic (exact) mass is 280 g/mol. The van der Waals surface area contributed by atoms with Crippen molar-refractivity contribution in [3.63, 3.8) is 0 Å². The Hall–Kier alpha value is -2.80. The first-order valence-corrected chi connectivity index (χ1v) is 6.64. The summed E-state index contributed by atoms with van der Waals surface area (Å²) in [7, 11) is 1.72. The average molecular weight is 280 g/mol. The quantitative estimate of drug-likeness (QED) is 0.846. The van der Waals surface area contributed by atoms with E-state index in [9.17, 15) is 4.79 Å². The minimum Gasteiger partial charge on any atom is -0.492 e. The number of nitrogens with zero attached hydrogens (tertiary/aromatic N) is 2. The van der Waals surface area contributed by atoms with E-state index in [1.807, 2.05) is 36.4 Å². The van der Waals surface area contributed by atoms with Crippen LogP contribution in [0.1, 0.15) is 15.9 Å². The van der Waals surface area contributed by atoms with Crippen LogP contribution in [0.5, 0.6) is 5.75 Å². The summed E-state index contributed by atoms with van der Waals surface area (Å²) in [6, 6.07) is 18.2. The van der Waals surface area contributed by atoms with Gasteiger partial charge in [0.25, 0.3) is 5.91 Å². The van der Waals surface area contributed by atoms with Crippen molar-refractivity contribution >= 4 is 5.91 Å². The smallest absolute Gasteiger partial charge is 0.253 e. The van der Waals surface area contributed by atoms with Crippen molar-refractivity contribution in [2.75, 3.05) is 20.2 Å². The Labute approximate surface area is 124 Å². The summed E-state index contributed by atoms with van der Waals surface area (Å²) in [6.07, 6.45) is 0. The van der Waals surface area contributed by atoms with Gasteiger partial charge in [0.15, 0.2) is 0 Å². The molecule has 0 atom stereocenters. The molecule has 0 aliphatic rings. The van der Waals surface area contributed by atoms with E-state index in [0.717, 1.165) is 5.75 Å². The fourth-order valence-electron chi connectivity index (χ4n) is 1.86. The summed E-state index contributed by atoms with van der Waals surface area (Å²) in [4.78, 5) is 13.8. The lowest BCUT2D eigenvalue weighted by molar-refractivity contribution is 0.0773. The molecule has 2 aromatic rings. The molecule has 0 unspecified atom stereocenters. The molecule has 0 aliphatic carbocycles. The van der Waals surface area contributed by atoms with Gasteiger partial charge in [-0.25, -0.2) is 0 Å². The highest BCUT2D eigenvalue weighted by Crippen LogP contribution is 2.09. The zero-order valence-electron chi connectivity index (χ0n) is 11.8. The number of carbonyl (C=O) groups is 1. The number of hydrogen-bond acceptors (Lipinski definition) is 3. The van der Waals surface area contributed by atoms with Crippen LogP contribution in [0.25, 0.3) is 0 Å². The molecule has 1 amide bonds. The van der Waals surface area contributed by atoms with E-state index in [2.05, 4.69) is 0 Å². The number of likely N-dealkylation sites (N-methyl/N-ethyl adjacent to an activating group) is 1. The summed E-state index contributed by atoms with van der Waals surface area (Å²) < 4.78 is 5.56. The Morgan fingerprint density at radius 2 is 1.95 bits per heavy atom. The third-order valence-corrected chi connectivity index (χ3v) is 3.02. The molecule has 4 heteroatoms. The molecule has 21 heavy (non-hydrogen) atoms. The van der Waals surface area contributed by atoms with E-state index in [1.54, 1.807) is 36.2 Å². The highest BCUT2D eigenvalue weighted by atomic mass is 16.5. The predicted octanol–water partition coefficient (Wildman–Crippen LogP) is 2.71. The number of carbonyl (C=O) groups excluding carboxylic acids is 1. The largest absolute Gasteiger partial charge is 0.492 e. The molecule has 2 aromatic carbocycles. The van der Waals surface area contributed by atoms with Crippen molar-refractivity contribution in [1.82, 2.24) is 4.90 Å². The van der Waals surface area contributed by atoms with Crippen molar-refractivity contribution in [2.24, 2.45) is 0 Å². The molecule has 106 valence electrons. The normalized spacial score (nSPS) is 9.71. The van der Waals surface area contributed by atoms with Crippen molar-refractivity contribution < 1.29 is 9.53 Å². The molecule has 0 saturated heterocycles. The molecule has 0 aliphatic heterocycles. The van der Waals surface area contributed by atoms with Crippen LogP contribution < -0.4 is 4.74 Å². The molecule has 0 N–H and O–H groups in total. The maximum Gasteiger partial charge on any atom is 0.253 e.